The topological polar surface area (TPSA) is 3.24 Å². The normalized spacial score (nSPS) is 19.7. The zero-order valence-electron chi connectivity index (χ0n) is 21.8. The summed E-state index contributed by atoms with van der Waals surface area (Å²) >= 11 is 0. The van der Waals surface area contributed by atoms with E-state index in [0.29, 0.717) is 0 Å². The Morgan fingerprint density at radius 2 is 1.10 bits per heavy atom. The number of rotatable bonds is 3. The van der Waals surface area contributed by atoms with Crippen LogP contribution >= 0.6 is 0 Å². The number of fused-ring (bicyclic) bond motifs is 8. The number of allylic oxidation sites excluding steroid dienone is 7. The fourth-order valence-electron chi connectivity index (χ4n) is 6.91. The molecule has 0 N–H and O–H groups in total. The molecule has 39 heavy (non-hydrogen) atoms. The lowest BCUT2D eigenvalue weighted by molar-refractivity contribution is 0.668. The number of hydrogen-bond acceptors (Lipinski definition) is 1. The fraction of sp³-hybridized carbons (Fsp3) is 0.0526. The molecule has 4 aliphatic carbocycles. The Morgan fingerprint density at radius 1 is 0.538 bits per heavy atom. The van der Waals surface area contributed by atoms with Crippen LogP contribution in [0.25, 0.3) is 34.4 Å². The van der Waals surface area contributed by atoms with Gasteiger partial charge in [-0.05, 0) is 74.4 Å². The van der Waals surface area contributed by atoms with Gasteiger partial charge in [-0.2, -0.15) is 0 Å². The minimum Gasteiger partial charge on any atom is -0.346 e. The predicted molar refractivity (Wildman–Crippen MR) is 165 cm³/mol. The van der Waals surface area contributed by atoms with Crippen LogP contribution in [0, 0.1) is 5.41 Å². The van der Waals surface area contributed by atoms with Crippen LogP contribution in [-0.2, 0) is 0 Å². The highest BCUT2D eigenvalue weighted by Crippen LogP contribution is 2.62. The van der Waals surface area contributed by atoms with Crippen molar-refractivity contribution in [1.29, 1.82) is 0 Å². The highest BCUT2D eigenvalue weighted by molar-refractivity contribution is 6.06. The molecule has 0 aliphatic heterocycles. The van der Waals surface area contributed by atoms with Crippen molar-refractivity contribution in [3.63, 3.8) is 0 Å². The van der Waals surface area contributed by atoms with E-state index in [-0.39, 0.29) is 0 Å². The Balaban J connectivity index is 1.37. The molecule has 0 saturated heterocycles. The summed E-state index contributed by atoms with van der Waals surface area (Å²) < 4.78 is 0. The molecule has 0 amide bonds. The van der Waals surface area contributed by atoms with Gasteiger partial charge in [-0.15, -0.1) is 0 Å². The van der Waals surface area contributed by atoms with Crippen LogP contribution in [0.2, 0.25) is 0 Å². The fourth-order valence-corrected chi connectivity index (χ4v) is 6.91. The molecular weight excluding hydrogens is 470 g/mol. The summed E-state index contributed by atoms with van der Waals surface area (Å²) in [6.45, 7) is 0. The van der Waals surface area contributed by atoms with Crippen molar-refractivity contribution in [1.82, 2.24) is 0 Å². The van der Waals surface area contributed by atoms with Crippen molar-refractivity contribution >= 4 is 29.0 Å². The lowest BCUT2D eigenvalue weighted by Crippen LogP contribution is -2.37. The summed E-state index contributed by atoms with van der Waals surface area (Å²) in [5.74, 6) is 0. The highest BCUT2D eigenvalue weighted by atomic mass is 15.1. The summed E-state index contributed by atoms with van der Waals surface area (Å²) in [5.41, 5.74) is 15.1. The molecule has 1 nitrogen and oxygen atoms in total. The second kappa shape index (κ2) is 8.31. The van der Waals surface area contributed by atoms with Crippen LogP contribution in [0.4, 0.5) is 5.69 Å². The van der Waals surface area contributed by atoms with Gasteiger partial charge >= 0.3 is 0 Å². The van der Waals surface area contributed by atoms with E-state index in [2.05, 4.69) is 158 Å². The molecule has 4 aromatic rings. The highest BCUT2D eigenvalue weighted by Gasteiger charge is 2.49. The van der Waals surface area contributed by atoms with Gasteiger partial charge in [0.2, 0.25) is 0 Å². The quantitative estimate of drug-likeness (QED) is 0.273. The van der Waals surface area contributed by atoms with Crippen LogP contribution in [0.1, 0.15) is 22.3 Å². The zero-order chi connectivity index (χ0) is 26.0. The average molecular weight is 498 g/mol. The third-order valence-electron chi connectivity index (χ3n) is 8.66. The molecule has 184 valence electrons. The number of para-hydroxylation sites is 1. The number of hydrogen-bond donors (Lipinski definition) is 0. The first-order valence-corrected chi connectivity index (χ1v) is 13.6. The van der Waals surface area contributed by atoms with Crippen LogP contribution in [0.3, 0.4) is 0 Å². The van der Waals surface area contributed by atoms with E-state index in [1.54, 1.807) is 0 Å². The summed E-state index contributed by atoms with van der Waals surface area (Å²) in [7, 11) is 2.23. The molecule has 1 atom stereocenters. The monoisotopic (exact) mass is 497 g/mol. The third-order valence-corrected chi connectivity index (χ3v) is 8.66. The summed E-state index contributed by atoms with van der Waals surface area (Å²) in [4.78, 5) is 2.41. The standard InChI is InChI=1S/C38H27N/c1-39(36-20-10-9-18-31(36)26-12-3-2-4-13-26)37-22-21-33-30-17-8-6-15-28(30)25-35(33)38(37)23-11-19-32-29-16-7-5-14-27(29)24-34(32)38/h2-25H,1H3. The number of benzene rings is 4. The van der Waals surface area contributed by atoms with E-state index in [1.807, 2.05) is 0 Å². The van der Waals surface area contributed by atoms with E-state index in [0.717, 1.165) is 0 Å². The Morgan fingerprint density at radius 3 is 1.79 bits per heavy atom. The van der Waals surface area contributed by atoms with Crippen molar-refractivity contribution in [2.24, 2.45) is 5.41 Å². The van der Waals surface area contributed by atoms with Gasteiger partial charge in [0.15, 0.2) is 0 Å². The minimum absolute atomic E-state index is 0.412. The Hall–Kier alpha value is -4.88. The van der Waals surface area contributed by atoms with Crippen molar-refractivity contribution in [2.75, 3.05) is 11.9 Å². The van der Waals surface area contributed by atoms with Gasteiger partial charge in [0, 0.05) is 24.0 Å². The average Bonchev–Trinajstić information content (AvgIpc) is 3.58. The summed E-state index contributed by atoms with van der Waals surface area (Å²) in [5, 5.41) is 0. The first kappa shape index (κ1) is 22.1. The molecule has 0 fully saturated rings. The number of nitrogens with zero attached hydrogens (tertiary/aromatic N) is 1. The smallest absolute Gasteiger partial charge is 0.0800 e. The summed E-state index contributed by atoms with van der Waals surface area (Å²) in [6, 6.07) is 37.0. The minimum atomic E-state index is -0.412. The van der Waals surface area contributed by atoms with Gasteiger partial charge in [0.1, 0.15) is 0 Å². The van der Waals surface area contributed by atoms with Crippen molar-refractivity contribution in [3.05, 3.63) is 173 Å². The Labute approximate surface area is 229 Å². The maximum atomic E-state index is 2.42. The van der Waals surface area contributed by atoms with Crippen LogP contribution in [0.5, 0.6) is 0 Å². The van der Waals surface area contributed by atoms with Gasteiger partial charge in [0.25, 0.3) is 0 Å². The van der Waals surface area contributed by atoms with E-state index in [4.69, 9.17) is 0 Å². The predicted octanol–water partition coefficient (Wildman–Crippen LogP) is 9.20. The van der Waals surface area contributed by atoms with Crippen LogP contribution in [-0.4, -0.2) is 7.05 Å². The molecule has 8 rings (SSSR count). The van der Waals surface area contributed by atoms with E-state index in [9.17, 15) is 0 Å². The molecule has 0 bridgehead atoms. The van der Waals surface area contributed by atoms with Gasteiger partial charge in [-0.3, -0.25) is 0 Å². The molecule has 1 spiro atoms. The van der Waals surface area contributed by atoms with Gasteiger partial charge in [-0.25, -0.2) is 0 Å². The number of anilines is 1. The van der Waals surface area contributed by atoms with E-state index >= 15 is 0 Å². The van der Waals surface area contributed by atoms with Crippen LogP contribution < -0.4 is 4.90 Å². The lowest BCUT2D eigenvalue weighted by atomic mass is 9.63. The largest absolute Gasteiger partial charge is 0.346 e. The SMILES string of the molecule is CN(C1=CC=C2C(=Cc3ccccc32)C12C=CC=C1C2=Cc2ccccc21)c1ccccc1-c1ccccc1. The third kappa shape index (κ3) is 3.08. The molecule has 1 unspecified atom stereocenters. The Bertz CT molecular complexity index is 1830. The van der Waals surface area contributed by atoms with Crippen molar-refractivity contribution < 1.29 is 0 Å². The second-order valence-electron chi connectivity index (χ2n) is 10.6. The van der Waals surface area contributed by atoms with Crippen molar-refractivity contribution in [3.8, 4) is 11.1 Å². The van der Waals surface area contributed by atoms with Crippen LogP contribution in [0.15, 0.2) is 150 Å². The maximum absolute atomic E-state index is 2.42. The molecule has 0 radical (unpaired) electrons. The second-order valence-corrected chi connectivity index (χ2v) is 10.6. The molecule has 4 aliphatic rings. The van der Waals surface area contributed by atoms with Gasteiger partial charge in [0.05, 0.1) is 5.41 Å². The van der Waals surface area contributed by atoms with Gasteiger partial charge < -0.3 is 4.90 Å². The molecule has 0 heterocycles. The lowest BCUT2D eigenvalue weighted by Gasteiger charge is -2.45. The van der Waals surface area contributed by atoms with E-state index < -0.39 is 5.41 Å². The Kier molecular flexibility index (Phi) is 4.72. The molecule has 1 heteroatoms. The van der Waals surface area contributed by atoms with E-state index in [1.165, 1.54) is 67.1 Å². The maximum Gasteiger partial charge on any atom is 0.0800 e. The molecular formula is C38H27N. The van der Waals surface area contributed by atoms with Crippen molar-refractivity contribution in [2.45, 2.75) is 0 Å². The molecule has 0 aromatic heterocycles. The molecule has 4 aromatic carbocycles. The van der Waals surface area contributed by atoms with Gasteiger partial charge in [-0.1, -0.05) is 121 Å². The first-order valence-electron chi connectivity index (χ1n) is 13.6. The first-order chi connectivity index (χ1) is 19.3. The summed E-state index contributed by atoms with van der Waals surface area (Å²) in [6.07, 6.45) is 16.5. The molecule has 0 saturated carbocycles. The zero-order valence-corrected chi connectivity index (χ0v) is 21.8.